The first-order valence-electron chi connectivity index (χ1n) is 4.57. The lowest BCUT2D eigenvalue weighted by molar-refractivity contribution is 0.123. The molecule has 0 radical (unpaired) electrons. The third kappa shape index (κ3) is 2.73. The van der Waals surface area contributed by atoms with Gasteiger partial charge < -0.3 is 4.74 Å². The second-order valence-electron chi connectivity index (χ2n) is 2.84. The van der Waals surface area contributed by atoms with Crippen molar-refractivity contribution in [1.29, 1.82) is 0 Å². The lowest BCUT2D eigenvalue weighted by Gasteiger charge is -2.17. The zero-order valence-electron chi connectivity index (χ0n) is 8.22. The molecule has 0 fully saturated rings. The molecule has 0 spiro atoms. The van der Waals surface area contributed by atoms with Crippen LogP contribution in [-0.2, 0) is 4.74 Å². The molecule has 1 atom stereocenters. The SMILES string of the molecule is C=CCC1C=CN(C(=O)OCC)N=C1. The van der Waals surface area contributed by atoms with Gasteiger partial charge in [0.1, 0.15) is 0 Å². The van der Waals surface area contributed by atoms with Crippen molar-refractivity contribution in [3.05, 3.63) is 24.9 Å². The molecule has 0 saturated carbocycles. The van der Waals surface area contributed by atoms with E-state index in [0.29, 0.717) is 6.61 Å². The van der Waals surface area contributed by atoms with E-state index < -0.39 is 6.09 Å². The molecule has 1 rings (SSSR count). The van der Waals surface area contributed by atoms with Gasteiger partial charge in [-0.1, -0.05) is 12.2 Å². The largest absolute Gasteiger partial charge is 0.448 e. The molecule has 0 bridgehead atoms. The molecule has 1 aliphatic rings. The first kappa shape index (κ1) is 10.5. The third-order valence-electron chi connectivity index (χ3n) is 1.75. The summed E-state index contributed by atoms with van der Waals surface area (Å²) in [5.41, 5.74) is 0. The quantitative estimate of drug-likeness (QED) is 0.646. The maximum atomic E-state index is 11.2. The van der Waals surface area contributed by atoms with Gasteiger partial charge in [0.05, 0.1) is 6.61 Å². The van der Waals surface area contributed by atoms with E-state index in [-0.39, 0.29) is 5.92 Å². The molecule has 0 aromatic carbocycles. The standard InChI is InChI=1S/C10H14N2O2/c1-3-5-9-6-7-12(11-8-9)10(13)14-4-2/h3,6-9H,1,4-5H2,2H3. The van der Waals surface area contributed by atoms with E-state index in [0.717, 1.165) is 6.42 Å². The fraction of sp³-hybridized carbons (Fsp3) is 0.400. The van der Waals surface area contributed by atoms with Gasteiger partial charge in [-0.2, -0.15) is 10.1 Å². The minimum Gasteiger partial charge on any atom is -0.448 e. The number of hydrogen-bond donors (Lipinski definition) is 0. The Bertz CT molecular complexity index is 257. The van der Waals surface area contributed by atoms with E-state index in [2.05, 4.69) is 11.7 Å². The highest BCUT2D eigenvalue weighted by atomic mass is 16.6. The summed E-state index contributed by atoms with van der Waals surface area (Å²) in [7, 11) is 0. The average molecular weight is 194 g/mol. The molecule has 1 aliphatic heterocycles. The molecule has 1 unspecified atom stereocenters. The Labute approximate surface area is 83.5 Å². The zero-order valence-corrected chi connectivity index (χ0v) is 8.22. The summed E-state index contributed by atoms with van der Waals surface area (Å²) >= 11 is 0. The van der Waals surface area contributed by atoms with Crippen molar-refractivity contribution >= 4 is 12.3 Å². The molecule has 0 aliphatic carbocycles. The predicted octanol–water partition coefficient (Wildman–Crippen LogP) is 2.15. The lowest BCUT2D eigenvalue weighted by Crippen LogP contribution is -2.24. The van der Waals surface area contributed by atoms with Crippen molar-refractivity contribution in [1.82, 2.24) is 5.01 Å². The van der Waals surface area contributed by atoms with Crippen molar-refractivity contribution in [2.24, 2.45) is 11.0 Å². The highest BCUT2D eigenvalue weighted by Crippen LogP contribution is 2.10. The summed E-state index contributed by atoms with van der Waals surface area (Å²) in [5, 5.41) is 5.13. The van der Waals surface area contributed by atoms with Crippen molar-refractivity contribution < 1.29 is 9.53 Å². The molecule has 4 nitrogen and oxygen atoms in total. The van der Waals surface area contributed by atoms with Crippen LogP contribution in [0.3, 0.4) is 0 Å². The highest BCUT2D eigenvalue weighted by Gasteiger charge is 2.14. The number of carbonyl (C=O) groups excluding carboxylic acids is 1. The summed E-state index contributed by atoms with van der Waals surface area (Å²) in [6, 6.07) is 0. The highest BCUT2D eigenvalue weighted by molar-refractivity contribution is 5.73. The van der Waals surface area contributed by atoms with E-state index in [4.69, 9.17) is 4.74 Å². The Kier molecular flexibility index (Phi) is 3.91. The van der Waals surface area contributed by atoms with Gasteiger partial charge >= 0.3 is 6.09 Å². The molecule has 14 heavy (non-hydrogen) atoms. The molecular formula is C10H14N2O2. The van der Waals surface area contributed by atoms with E-state index in [1.807, 2.05) is 12.2 Å². The van der Waals surface area contributed by atoms with Gasteiger partial charge in [0, 0.05) is 18.3 Å². The van der Waals surface area contributed by atoms with Crippen LogP contribution in [-0.4, -0.2) is 23.9 Å². The van der Waals surface area contributed by atoms with Crippen LogP contribution in [0.15, 0.2) is 30.0 Å². The van der Waals surface area contributed by atoms with Crippen LogP contribution in [0.1, 0.15) is 13.3 Å². The summed E-state index contributed by atoms with van der Waals surface area (Å²) in [6.45, 7) is 5.75. The van der Waals surface area contributed by atoms with Crippen molar-refractivity contribution in [3.8, 4) is 0 Å². The molecule has 1 heterocycles. The van der Waals surface area contributed by atoms with Gasteiger partial charge in [-0.05, 0) is 13.3 Å². The van der Waals surface area contributed by atoms with Crippen LogP contribution in [0.5, 0.6) is 0 Å². The summed E-state index contributed by atoms with van der Waals surface area (Å²) in [5.74, 6) is 0.234. The Morgan fingerprint density at radius 1 is 1.79 bits per heavy atom. The van der Waals surface area contributed by atoms with Gasteiger partial charge in [0.15, 0.2) is 0 Å². The van der Waals surface area contributed by atoms with Crippen LogP contribution in [0.4, 0.5) is 4.79 Å². The molecular weight excluding hydrogens is 180 g/mol. The van der Waals surface area contributed by atoms with Crippen molar-refractivity contribution in [3.63, 3.8) is 0 Å². The number of hydrogen-bond acceptors (Lipinski definition) is 3. The summed E-state index contributed by atoms with van der Waals surface area (Å²) in [4.78, 5) is 11.2. The molecule has 0 saturated heterocycles. The van der Waals surface area contributed by atoms with Crippen LogP contribution in [0.2, 0.25) is 0 Å². The van der Waals surface area contributed by atoms with Crippen LogP contribution >= 0.6 is 0 Å². The number of carbonyl (C=O) groups is 1. The Balaban J connectivity index is 2.48. The van der Waals surface area contributed by atoms with E-state index in [1.54, 1.807) is 19.3 Å². The van der Waals surface area contributed by atoms with Crippen molar-refractivity contribution in [2.75, 3.05) is 6.61 Å². The fourth-order valence-corrected chi connectivity index (χ4v) is 1.07. The van der Waals surface area contributed by atoms with Crippen LogP contribution < -0.4 is 0 Å². The van der Waals surface area contributed by atoms with Crippen LogP contribution in [0, 0.1) is 5.92 Å². The Morgan fingerprint density at radius 3 is 3.07 bits per heavy atom. The number of ether oxygens (including phenoxy) is 1. The van der Waals surface area contributed by atoms with Crippen molar-refractivity contribution in [2.45, 2.75) is 13.3 Å². The third-order valence-corrected chi connectivity index (χ3v) is 1.75. The minimum absolute atomic E-state index is 0.234. The predicted molar refractivity (Wildman–Crippen MR) is 54.8 cm³/mol. The first-order chi connectivity index (χ1) is 6.77. The average Bonchev–Trinajstić information content (AvgIpc) is 2.20. The van der Waals surface area contributed by atoms with Gasteiger partial charge in [-0.25, -0.2) is 4.79 Å². The molecule has 0 aromatic rings. The van der Waals surface area contributed by atoms with Gasteiger partial charge in [-0.3, -0.25) is 0 Å². The Hall–Kier alpha value is -1.58. The minimum atomic E-state index is -0.447. The smallest absolute Gasteiger partial charge is 0.434 e. The monoisotopic (exact) mass is 194 g/mol. The molecule has 0 N–H and O–H groups in total. The maximum absolute atomic E-state index is 11.2. The van der Waals surface area contributed by atoms with Crippen LogP contribution in [0.25, 0.3) is 0 Å². The Morgan fingerprint density at radius 2 is 2.57 bits per heavy atom. The van der Waals surface area contributed by atoms with E-state index in [1.165, 1.54) is 5.01 Å². The second kappa shape index (κ2) is 5.21. The zero-order chi connectivity index (χ0) is 10.4. The maximum Gasteiger partial charge on any atom is 0.434 e. The molecule has 4 heteroatoms. The fourth-order valence-electron chi connectivity index (χ4n) is 1.07. The number of rotatable bonds is 3. The second-order valence-corrected chi connectivity index (χ2v) is 2.84. The topological polar surface area (TPSA) is 41.9 Å². The lowest BCUT2D eigenvalue weighted by atomic mass is 10.1. The number of amides is 1. The number of hydrazone groups is 1. The summed E-state index contributed by atoms with van der Waals surface area (Å²) in [6.07, 6.45) is 7.42. The van der Waals surface area contributed by atoms with Gasteiger partial charge in [0.25, 0.3) is 0 Å². The molecule has 0 aromatic heterocycles. The number of allylic oxidation sites excluding steroid dienone is 2. The number of nitrogens with zero attached hydrogens (tertiary/aromatic N) is 2. The van der Waals surface area contributed by atoms with Gasteiger partial charge in [0.2, 0.25) is 0 Å². The summed E-state index contributed by atoms with van der Waals surface area (Å²) < 4.78 is 4.78. The molecule has 1 amide bonds. The van der Waals surface area contributed by atoms with E-state index >= 15 is 0 Å². The molecule has 76 valence electrons. The van der Waals surface area contributed by atoms with Gasteiger partial charge in [-0.15, -0.1) is 6.58 Å². The first-order valence-corrected chi connectivity index (χ1v) is 4.57. The normalized spacial score (nSPS) is 19.5. The van der Waals surface area contributed by atoms with E-state index in [9.17, 15) is 4.79 Å².